The van der Waals surface area contributed by atoms with E-state index >= 15 is 0 Å². The van der Waals surface area contributed by atoms with Crippen molar-refractivity contribution in [1.82, 2.24) is 15.2 Å². The molecule has 4 aromatic rings. The Morgan fingerprint density at radius 3 is 2.68 bits per heavy atom. The molecule has 0 N–H and O–H groups in total. The first-order chi connectivity index (χ1) is 13.7. The quantitative estimate of drug-likeness (QED) is 0.396. The molecule has 0 amide bonds. The number of hydrogen-bond donors (Lipinski definition) is 0. The third-order valence-electron chi connectivity index (χ3n) is 3.81. The maximum absolute atomic E-state index is 13.0. The average molecular weight is 397 g/mol. The van der Waals surface area contributed by atoms with E-state index in [0.29, 0.717) is 40.7 Å². The number of aromatic nitrogens is 3. The zero-order chi connectivity index (χ0) is 19.3. The number of thioether (sulfide) groups is 1. The highest BCUT2D eigenvalue weighted by Gasteiger charge is 2.15. The number of rotatable bonds is 7. The van der Waals surface area contributed by atoms with Crippen LogP contribution in [0.3, 0.4) is 0 Å². The van der Waals surface area contributed by atoms with E-state index in [-0.39, 0.29) is 5.82 Å². The zero-order valence-electron chi connectivity index (χ0n) is 15.0. The summed E-state index contributed by atoms with van der Waals surface area (Å²) in [5.41, 5.74) is 2.19. The van der Waals surface area contributed by atoms with Gasteiger partial charge in [0.1, 0.15) is 17.8 Å². The van der Waals surface area contributed by atoms with Crippen LogP contribution >= 0.6 is 11.8 Å². The smallest absolute Gasteiger partial charge is 0.277 e. The maximum Gasteiger partial charge on any atom is 0.277 e. The van der Waals surface area contributed by atoms with E-state index in [4.69, 9.17) is 13.6 Å². The monoisotopic (exact) mass is 397 g/mol. The van der Waals surface area contributed by atoms with Gasteiger partial charge in [0.05, 0.1) is 17.9 Å². The number of halogens is 1. The van der Waals surface area contributed by atoms with Crippen molar-refractivity contribution in [2.24, 2.45) is 0 Å². The van der Waals surface area contributed by atoms with E-state index in [2.05, 4.69) is 15.2 Å². The fraction of sp³-hybridized carbons (Fsp3) is 0.150. The van der Waals surface area contributed by atoms with E-state index in [9.17, 15) is 4.39 Å². The third kappa shape index (κ3) is 4.07. The molecule has 28 heavy (non-hydrogen) atoms. The summed E-state index contributed by atoms with van der Waals surface area (Å²) in [6.07, 6.45) is 1.56. The Kier molecular flexibility index (Phi) is 5.38. The summed E-state index contributed by atoms with van der Waals surface area (Å²) in [5.74, 6) is 1.74. The summed E-state index contributed by atoms with van der Waals surface area (Å²) in [6, 6.07) is 13.5. The van der Waals surface area contributed by atoms with Crippen LogP contribution in [0.1, 0.15) is 12.6 Å². The van der Waals surface area contributed by atoms with Crippen molar-refractivity contribution in [3.05, 3.63) is 66.3 Å². The summed E-state index contributed by atoms with van der Waals surface area (Å²) in [7, 11) is 0. The van der Waals surface area contributed by atoms with Crippen LogP contribution in [0.2, 0.25) is 0 Å². The van der Waals surface area contributed by atoms with Crippen LogP contribution in [-0.2, 0) is 5.75 Å². The van der Waals surface area contributed by atoms with Crippen molar-refractivity contribution < 1.29 is 18.0 Å². The summed E-state index contributed by atoms with van der Waals surface area (Å²) >= 11 is 1.36. The molecule has 0 saturated heterocycles. The molecule has 4 rings (SSSR count). The van der Waals surface area contributed by atoms with Gasteiger partial charge in [-0.15, -0.1) is 10.2 Å². The number of benzene rings is 2. The van der Waals surface area contributed by atoms with E-state index in [1.54, 1.807) is 18.4 Å². The van der Waals surface area contributed by atoms with Crippen molar-refractivity contribution >= 4 is 11.8 Å². The molecule has 2 aromatic carbocycles. The van der Waals surface area contributed by atoms with Crippen LogP contribution in [-0.4, -0.2) is 21.8 Å². The highest BCUT2D eigenvalue weighted by molar-refractivity contribution is 7.98. The van der Waals surface area contributed by atoms with Gasteiger partial charge in [0, 0.05) is 11.3 Å². The van der Waals surface area contributed by atoms with Gasteiger partial charge in [-0.05, 0) is 43.3 Å². The second-order valence-electron chi connectivity index (χ2n) is 5.74. The molecule has 2 heterocycles. The van der Waals surface area contributed by atoms with Crippen molar-refractivity contribution in [3.8, 4) is 28.7 Å². The Hall–Kier alpha value is -3.13. The predicted octanol–water partition coefficient (Wildman–Crippen LogP) is 5.22. The van der Waals surface area contributed by atoms with Crippen LogP contribution in [0.5, 0.6) is 5.75 Å². The van der Waals surface area contributed by atoms with Gasteiger partial charge in [-0.25, -0.2) is 9.37 Å². The first kappa shape index (κ1) is 18.2. The maximum atomic E-state index is 13.0. The largest absolute Gasteiger partial charge is 0.493 e. The van der Waals surface area contributed by atoms with Gasteiger partial charge in [0.2, 0.25) is 5.89 Å². The van der Waals surface area contributed by atoms with Gasteiger partial charge in [0.15, 0.2) is 0 Å². The molecular formula is C20H16FN3O3S. The number of hydrogen-bond acceptors (Lipinski definition) is 7. The molecule has 0 atom stereocenters. The number of ether oxygens (including phenoxy) is 1. The van der Waals surface area contributed by atoms with Crippen LogP contribution in [0, 0.1) is 5.82 Å². The Morgan fingerprint density at radius 1 is 1.04 bits per heavy atom. The summed E-state index contributed by atoms with van der Waals surface area (Å²) < 4.78 is 29.8. The average Bonchev–Trinajstić information content (AvgIpc) is 3.37. The second-order valence-corrected chi connectivity index (χ2v) is 6.67. The minimum atomic E-state index is -0.302. The first-order valence-corrected chi connectivity index (χ1v) is 9.60. The molecule has 0 radical (unpaired) electrons. The molecule has 0 bridgehead atoms. The fourth-order valence-corrected chi connectivity index (χ4v) is 3.18. The van der Waals surface area contributed by atoms with E-state index in [1.807, 2.05) is 31.2 Å². The van der Waals surface area contributed by atoms with E-state index in [0.717, 1.165) is 11.3 Å². The molecule has 0 unspecified atom stereocenters. The lowest BCUT2D eigenvalue weighted by Crippen LogP contribution is -1.93. The molecule has 2 aromatic heterocycles. The Labute approximate surface area is 164 Å². The molecule has 0 aliphatic heterocycles. The van der Waals surface area contributed by atoms with Crippen molar-refractivity contribution in [1.29, 1.82) is 0 Å². The predicted molar refractivity (Wildman–Crippen MR) is 102 cm³/mol. The molecule has 0 aliphatic rings. The highest BCUT2D eigenvalue weighted by Crippen LogP contribution is 2.31. The van der Waals surface area contributed by atoms with Crippen molar-refractivity contribution in [2.45, 2.75) is 17.9 Å². The number of oxazole rings is 1. The molecule has 8 heteroatoms. The highest BCUT2D eigenvalue weighted by atomic mass is 32.2. The minimum Gasteiger partial charge on any atom is -0.493 e. The minimum absolute atomic E-state index is 0.302. The molecule has 0 saturated carbocycles. The summed E-state index contributed by atoms with van der Waals surface area (Å²) in [5, 5.41) is 8.60. The van der Waals surface area contributed by atoms with Crippen molar-refractivity contribution in [2.75, 3.05) is 6.61 Å². The van der Waals surface area contributed by atoms with Crippen LogP contribution in [0.4, 0.5) is 4.39 Å². The fourth-order valence-electron chi connectivity index (χ4n) is 2.54. The molecule has 0 spiro atoms. The van der Waals surface area contributed by atoms with E-state index in [1.165, 1.54) is 23.9 Å². The molecule has 0 aliphatic carbocycles. The number of para-hydroxylation sites is 1. The molecule has 0 fully saturated rings. The van der Waals surface area contributed by atoms with Crippen LogP contribution in [0.25, 0.3) is 22.9 Å². The summed E-state index contributed by atoms with van der Waals surface area (Å²) in [4.78, 5) is 4.41. The van der Waals surface area contributed by atoms with Gasteiger partial charge < -0.3 is 13.6 Å². The normalized spacial score (nSPS) is 10.9. The van der Waals surface area contributed by atoms with Crippen LogP contribution < -0.4 is 4.74 Å². The zero-order valence-corrected chi connectivity index (χ0v) is 15.8. The van der Waals surface area contributed by atoms with Crippen molar-refractivity contribution in [3.63, 3.8) is 0 Å². The number of nitrogens with zero attached hydrogens (tertiary/aromatic N) is 3. The van der Waals surface area contributed by atoms with Crippen LogP contribution in [0.15, 0.2) is 68.9 Å². The molecule has 6 nitrogen and oxygen atoms in total. The SMILES string of the molecule is CCOc1ccccc1-c1nnc(SCc2coc(-c3ccc(F)cc3)n2)o1. The molecular weight excluding hydrogens is 381 g/mol. The standard InChI is InChI=1S/C20H16FN3O3S/c1-2-25-17-6-4-3-5-16(17)19-23-24-20(27-19)28-12-15-11-26-18(22-15)13-7-9-14(21)10-8-13/h3-11H,2,12H2,1H3. The van der Waals surface area contributed by atoms with Gasteiger partial charge in [0.25, 0.3) is 11.1 Å². The Balaban J connectivity index is 1.44. The van der Waals surface area contributed by atoms with Gasteiger partial charge >= 0.3 is 0 Å². The first-order valence-electron chi connectivity index (χ1n) is 8.62. The lowest BCUT2D eigenvalue weighted by molar-refractivity contribution is 0.340. The lowest BCUT2D eigenvalue weighted by atomic mass is 10.2. The Bertz CT molecular complexity index is 1060. The third-order valence-corrected chi connectivity index (χ3v) is 4.66. The van der Waals surface area contributed by atoms with Gasteiger partial charge in [-0.3, -0.25) is 0 Å². The van der Waals surface area contributed by atoms with E-state index < -0.39 is 0 Å². The summed E-state index contributed by atoms with van der Waals surface area (Å²) in [6.45, 7) is 2.47. The topological polar surface area (TPSA) is 74.2 Å². The Morgan fingerprint density at radius 2 is 1.86 bits per heavy atom. The molecule has 142 valence electrons. The van der Waals surface area contributed by atoms with Gasteiger partial charge in [-0.2, -0.15) is 0 Å². The van der Waals surface area contributed by atoms with Gasteiger partial charge in [-0.1, -0.05) is 23.9 Å². The lowest BCUT2D eigenvalue weighted by Gasteiger charge is -2.05. The second kappa shape index (κ2) is 8.26.